The maximum atomic E-state index is 9.22. The van der Waals surface area contributed by atoms with Gasteiger partial charge in [0.2, 0.25) is 0 Å². The Hall–Kier alpha value is -2.49. The number of benzene rings is 1. The lowest BCUT2D eigenvalue weighted by Gasteiger charge is -2.06. The lowest BCUT2D eigenvalue weighted by Crippen LogP contribution is -1.93. The van der Waals surface area contributed by atoms with E-state index in [1.165, 1.54) is 0 Å². The molecule has 4 nitrogen and oxygen atoms in total. The third-order valence-electron chi connectivity index (χ3n) is 2.88. The first-order chi connectivity index (χ1) is 8.72. The van der Waals surface area contributed by atoms with Gasteiger partial charge in [-0.05, 0) is 42.5 Å². The molecule has 0 bridgehead atoms. The van der Waals surface area contributed by atoms with Gasteiger partial charge >= 0.3 is 0 Å². The van der Waals surface area contributed by atoms with Crippen molar-refractivity contribution in [2.75, 3.05) is 5.32 Å². The lowest BCUT2D eigenvalue weighted by molar-refractivity contribution is 0.475. The van der Waals surface area contributed by atoms with Crippen LogP contribution in [0.25, 0.3) is 11.0 Å². The normalized spacial score (nSPS) is 10.7. The molecule has 3 rings (SSSR count). The van der Waals surface area contributed by atoms with Gasteiger partial charge in [0.25, 0.3) is 0 Å². The molecular weight excluding hydrogens is 226 g/mol. The van der Waals surface area contributed by atoms with Crippen LogP contribution in [0.15, 0.2) is 48.7 Å². The second-order valence-corrected chi connectivity index (χ2v) is 4.20. The number of phenols is 1. The van der Waals surface area contributed by atoms with Gasteiger partial charge in [-0.25, -0.2) is 4.98 Å². The first-order valence-corrected chi connectivity index (χ1v) is 5.70. The highest BCUT2D eigenvalue weighted by molar-refractivity contribution is 5.78. The van der Waals surface area contributed by atoms with Crippen LogP contribution in [-0.2, 0) is 7.05 Å². The fourth-order valence-corrected chi connectivity index (χ4v) is 1.91. The number of anilines is 2. The molecule has 0 fully saturated rings. The van der Waals surface area contributed by atoms with Crippen LogP contribution < -0.4 is 5.32 Å². The predicted molar refractivity (Wildman–Crippen MR) is 72.1 cm³/mol. The van der Waals surface area contributed by atoms with E-state index in [0.717, 1.165) is 22.5 Å². The van der Waals surface area contributed by atoms with Crippen molar-refractivity contribution >= 4 is 22.5 Å². The van der Waals surface area contributed by atoms with Gasteiger partial charge in [0.05, 0.1) is 11.0 Å². The number of aryl methyl sites for hydroxylation is 1. The van der Waals surface area contributed by atoms with Crippen molar-refractivity contribution in [1.82, 2.24) is 9.55 Å². The number of phenolic OH excluding ortho intramolecular Hbond substituents is 1. The second kappa shape index (κ2) is 4.07. The van der Waals surface area contributed by atoms with E-state index in [-0.39, 0.29) is 5.75 Å². The van der Waals surface area contributed by atoms with Crippen molar-refractivity contribution in [2.24, 2.45) is 7.05 Å². The Morgan fingerprint density at radius 1 is 1.06 bits per heavy atom. The fraction of sp³-hybridized carbons (Fsp3) is 0.0714. The summed E-state index contributed by atoms with van der Waals surface area (Å²) in [6.45, 7) is 0. The molecule has 0 amide bonds. The van der Waals surface area contributed by atoms with Gasteiger partial charge in [0, 0.05) is 18.9 Å². The molecule has 0 spiro atoms. The first-order valence-electron chi connectivity index (χ1n) is 5.70. The van der Waals surface area contributed by atoms with Crippen molar-refractivity contribution < 1.29 is 5.11 Å². The van der Waals surface area contributed by atoms with Crippen molar-refractivity contribution in [1.29, 1.82) is 0 Å². The Bertz CT molecular complexity index is 686. The van der Waals surface area contributed by atoms with E-state index in [9.17, 15) is 5.11 Å². The van der Waals surface area contributed by atoms with Crippen molar-refractivity contribution in [3.05, 3.63) is 48.7 Å². The molecule has 0 aliphatic rings. The molecule has 3 aromatic rings. The SMILES string of the molecule is Cn1ccc2nc(Nc3ccc(O)cc3)ccc21. The topological polar surface area (TPSA) is 50.1 Å². The lowest BCUT2D eigenvalue weighted by atomic mass is 10.3. The van der Waals surface area contributed by atoms with Crippen LogP contribution >= 0.6 is 0 Å². The molecule has 18 heavy (non-hydrogen) atoms. The number of rotatable bonds is 2. The molecule has 0 atom stereocenters. The first kappa shape index (κ1) is 10.7. The minimum absolute atomic E-state index is 0.257. The van der Waals surface area contributed by atoms with Crippen LogP contribution in [0.5, 0.6) is 5.75 Å². The number of aromatic nitrogens is 2. The van der Waals surface area contributed by atoms with Crippen LogP contribution in [0, 0.1) is 0 Å². The molecule has 2 N–H and O–H groups in total. The third kappa shape index (κ3) is 1.88. The van der Waals surface area contributed by atoms with Crippen LogP contribution in [0.2, 0.25) is 0 Å². The van der Waals surface area contributed by atoms with Crippen LogP contribution in [0.1, 0.15) is 0 Å². The highest BCUT2D eigenvalue weighted by Gasteiger charge is 2.01. The Labute approximate surface area is 105 Å². The molecule has 0 saturated carbocycles. The van der Waals surface area contributed by atoms with Gasteiger partial charge in [-0.15, -0.1) is 0 Å². The number of hydrogen-bond acceptors (Lipinski definition) is 3. The van der Waals surface area contributed by atoms with Gasteiger partial charge in [-0.3, -0.25) is 0 Å². The molecule has 4 heteroatoms. The maximum Gasteiger partial charge on any atom is 0.131 e. The quantitative estimate of drug-likeness (QED) is 0.676. The van der Waals surface area contributed by atoms with E-state index in [1.54, 1.807) is 12.1 Å². The minimum atomic E-state index is 0.257. The molecule has 0 radical (unpaired) electrons. The summed E-state index contributed by atoms with van der Waals surface area (Å²) < 4.78 is 2.03. The number of hydrogen-bond donors (Lipinski definition) is 2. The molecule has 90 valence electrons. The number of aromatic hydroxyl groups is 1. The van der Waals surface area contributed by atoms with E-state index < -0.39 is 0 Å². The Balaban J connectivity index is 1.92. The Morgan fingerprint density at radius 3 is 2.61 bits per heavy atom. The van der Waals surface area contributed by atoms with E-state index in [1.807, 2.05) is 48.1 Å². The fourth-order valence-electron chi connectivity index (χ4n) is 1.91. The Kier molecular flexibility index (Phi) is 2.41. The predicted octanol–water partition coefficient (Wildman–Crippen LogP) is 3.02. The van der Waals surface area contributed by atoms with Crippen LogP contribution in [-0.4, -0.2) is 14.7 Å². The second-order valence-electron chi connectivity index (χ2n) is 4.20. The van der Waals surface area contributed by atoms with E-state index >= 15 is 0 Å². The molecular formula is C14H13N3O. The van der Waals surface area contributed by atoms with Gasteiger partial charge in [0.1, 0.15) is 11.6 Å². The highest BCUT2D eigenvalue weighted by atomic mass is 16.3. The van der Waals surface area contributed by atoms with E-state index in [0.29, 0.717) is 0 Å². The smallest absolute Gasteiger partial charge is 0.131 e. The summed E-state index contributed by atoms with van der Waals surface area (Å²) >= 11 is 0. The molecule has 0 aliphatic carbocycles. The summed E-state index contributed by atoms with van der Waals surface area (Å²) in [6, 6.07) is 12.9. The van der Waals surface area contributed by atoms with Gasteiger partial charge in [-0.2, -0.15) is 0 Å². The summed E-state index contributed by atoms with van der Waals surface area (Å²) in [4.78, 5) is 4.52. The van der Waals surface area contributed by atoms with E-state index in [2.05, 4.69) is 10.3 Å². The average molecular weight is 239 g/mol. The summed E-state index contributed by atoms with van der Waals surface area (Å²) in [5.74, 6) is 1.05. The zero-order valence-electron chi connectivity index (χ0n) is 9.96. The van der Waals surface area contributed by atoms with E-state index in [4.69, 9.17) is 0 Å². The summed E-state index contributed by atoms with van der Waals surface area (Å²) in [5.41, 5.74) is 2.96. The number of fused-ring (bicyclic) bond motifs is 1. The monoisotopic (exact) mass is 239 g/mol. The van der Waals surface area contributed by atoms with Crippen LogP contribution in [0.4, 0.5) is 11.5 Å². The zero-order chi connectivity index (χ0) is 12.5. The molecule has 0 aliphatic heterocycles. The molecule has 0 unspecified atom stereocenters. The molecule has 2 aromatic heterocycles. The largest absolute Gasteiger partial charge is 0.508 e. The molecule has 0 saturated heterocycles. The van der Waals surface area contributed by atoms with Gasteiger partial charge < -0.3 is 15.0 Å². The standard InChI is InChI=1S/C14H13N3O/c1-17-9-8-12-13(17)6-7-14(16-12)15-10-2-4-11(18)5-3-10/h2-9,18H,1H3,(H,15,16). The number of pyridine rings is 1. The van der Waals surface area contributed by atoms with Crippen molar-refractivity contribution in [3.8, 4) is 5.75 Å². The van der Waals surface area contributed by atoms with Crippen molar-refractivity contribution in [2.45, 2.75) is 0 Å². The minimum Gasteiger partial charge on any atom is -0.508 e. The molecule has 2 heterocycles. The van der Waals surface area contributed by atoms with Crippen molar-refractivity contribution in [3.63, 3.8) is 0 Å². The summed E-state index contributed by atoms with van der Waals surface area (Å²) in [5, 5.41) is 12.4. The molecule has 1 aromatic carbocycles. The summed E-state index contributed by atoms with van der Waals surface area (Å²) in [7, 11) is 2.00. The Morgan fingerprint density at radius 2 is 1.83 bits per heavy atom. The summed E-state index contributed by atoms with van der Waals surface area (Å²) in [6.07, 6.45) is 1.99. The van der Waals surface area contributed by atoms with Gasteiger partial charge in [0.15, 0.2) is 0 Å². The zero-order valence-corrected chi connectivity index (χ0v) is 9.96. The average Bonchev–Trinajstić information content (AvgIpc) is 2.74. The number of nitrogens with one attached hydrogen (secondary N) is 1. The number of nitrogens with zero attached hydrogens (tertiary/aromatic N) is 2. The van der Waals surface area contributed by atoms with Crippen LogP contribution in [0.3, 0.4) is 0 Å². The maximum absolute atomic E-state index is 9.22. The highest BCUT2D eigenvalue weighted by Crippen LogP contribution is 2.20. The van der Waals surface area contributed by atoms with Gasteiger partial charge in [-0.1, -0.05) is 0 Å². The third-order valence-corrected chi connectivity index (χ3v) is 2.88.